The molecule has 2 aromatic heterocycles. The van der Waals surface area contributed by atoms with Gasteiger partial charge < -0.3 is 19.2 Å². The van der Waals surface area contributed by atoms with Crippen LogP contribution in [0.5, 0.6) is 0 Å². The lowest BCUT2D eigenvalue weighted by Crippen LogP contribution is -2.46. The summed E-state index contributed by atoms with van der Waals surface area (Å²) in [6.07, 6.45) is 7.84. The molecule has 7 heteroatoms. The molecule has 1 amide bonds. The van der Waals surface area contributed by atoms with E-state index in [0.717, 1.165) is 12.8 Å². The third kappa shape index (κ3) is 3.28. The van der Waals surface area contributed by atoms with Gasteiger partial charge in [-0.25, -0.2) is 4.98 Å². The fourth-order valence-corrected chi connectivity index (χ4v) is 2.80. The van der Waals surface area contributed by atoms with Gasteiger partial charge in [0, 0.05) is 38.1 Å². The molecule has 0 aliphatic carbocycles. The third-order valence-electron chi connectivity index (χ3n) is 4.15. The molecule has 0 bridgehead atoms. The van der Waals surface area contributed by atoms with E-state index in [2.05, 4.69) is 10.3 Å². The second-order valence-corrected chi connectivity index (χ2v) is 5.59. The van der Waals surface area contributed by atoms with Gasteiger partial charge in [0.1, 0.15) is 6.26 Å². The summed E-state index contributed by atoms with van der Waals surface area (Å²) in [5.74, 6) is 0.373. The fraction of sp³-hybridized carbons (Fsp3) is 0.438. The first kappa shape index (κ1) is 15.3. The van der Waals surface area contributed by atoms with Gasteiger partial charge in [0.15, 0.2) is 5.82 Å². The molecule has 1 aliphatic rings. The third-order valence-corrected chi connectivity index (χ3v) is 4.15. The number of furan rings is 1. The van der Waals surface area contributed by atoms with E-state index in [1.165, 1.54) is 12.5 Å². The molecule has 23 heavy (non-hydrogen) atoms. The first-order chi connectivity index (χ1) is 11.2. The lowest BCUT2D eigenvalue weighted by Gasteiger charge is -2.32. The van der Waals surface area contributed by atoms with Crippen LogP contribution in [0, 0.1) is 0 Å². The van der Waals surface area contributed by atoms with Crippen molar-refractivity contribution in [3.63, 3.8) is 0 Å². The molecule has 1 saturated heterocycles. The van der Waals surface area contributed by atoms with Gasteiger partial charge in [0.05, 0.1) is 11.8 Å². The quantitative estimate of drug-likeness (QED) is 0.918. The Labute approximate surface area is 133 Å². The van der Waals surface area contributed by atoms with Gasteiger partial charge in [0.25, 0.3) is 11.5 Å². The number of carbonyl (C=O) groups is 1. The van der Waals surface area contributed by atoms with E-state index in [0.29, 0.717) is 31.0 Å². The van der Waals surface area contributed by atoms with E-state index in [1.807, 2.05) is 11.8 Å². The van der Waals surface area contributed by atoms with Crippen molar-refractivity contribution in [2.24, 2.45) is 0 Å². The minimum absolute atomic E-state index is 0.0594. The summed E-state index contributed by atoms with van der Waals surface area (Å²) in [7, 11) is 0. The number of aromatic nitrogens is 2. The summed E-state index contributed by atoms with van der Waals surface area (Å²) in [6.45, 7) is 3.97. The molecule has 3 heterocycles. The summed E-state index contributed by atoms with van der Waals surface area (Å²) < 4.78 is 6.57. The maximum Gasteiger partial charge on any atom is 0.293 e. The van der Waals surface area contributed by atoms with Crippen molar-refractivity contribution in [1.29, 1.82) is 0 Å². The predicted molar refractivity (Wildman–Crippen MR) is 85.6 cm³/mol. The van der Waals surface area contributed by atoms with Crippen molar-refractivity contribution < 1.29 is 9.21 Å². The number of nitrogens with one attached hydrogen (secondary N) is 1. The highest BCUT2D eigenvalue weighted by Crippen LogP contribution is 2.15. The summed E-state index contributed by atoms with van der Waals surface area (Å²) >= 11 is 0. The molecule has 0 unspecified atom stereocenters. The molecule has 1 N–H and O–H groups in total. The van der Waals surface area contributed by atoms with Crippen LogP contribution < -0.4 is 15.8 Å². The van der Waals surface area contributed by atoms with E-state index < -0.39 is 0 Å². The Morgan fingerprint density at radius 2 is 2.22 bits per heavy atom. The Bertz CT molecular complexity index is 715. The van der Waals surface area contributed by atoms with E-state index >= 15 is 0 Å². The van der Waals surface area contributed by atoms with Crippen LogP contribution in [-0.4, -0.2) is 34.6 Å². The zero-order chi connectivity index (χ0) is 16.2. The Morgan fingerprint density at radius 3 is 2.87 bits per heavy atom. The first-order valence-electron chi connectivity index (χ1n) is 7.82. The summed E-state index contributed by atoms with van der Waals surface area (Å²) in [5.41, 5.74) is 0.471. The van der Waals surface area contributed by atoms with Crippen molar-refractivity contribution in [2.75, 3.05) is 18.0 Å². The number of hydrogen-bond acceptors (Lipinski definition) is 5. The van der Waals surface area contributed by atoms with Crippen LogP contribution in [0.1, 0.15) is 30.1 Å². The van der Waals surface area contributed by atoms with Gasteiger partial charge in [-0.15, -0.1) is 0 Å². The number of aryl methyl sites for hydroxylation is 1. The van der Waals surface area contributed by atoms with Crippen LogP contribution in [0.3, 0.4) is 0 Å². The lowest BCUT2D eigenvalue weighted by atomic mass is 10.0. The maximum atomic E-state index is 12.3. The maximum absolute atomic E-state index is 12.3. The average molecular weight is 316 g/mol. The molecular weight excluding hydrogens is 296 g/mol. The molecule has 2 aromatic rings. The monoisotopic (exact) mass is 316 g/mol. The number of amides is 1. The highest BCUT2D eigenvalue weighted by molar-refractivity contribution is 5.93. The second-order valence-electron chi connectivity index (χ2n) is 5.59. The molecule has 0 radical (unpaired) electrons. The number of rotatable bonds is 4. The predicted octanol–water partition coefficient (Wildman–Crippen LogP) is 1.25. The molecule has 3 rings (SSSR count). The largest absolute Gasteiger partial charge is 0.472 e. The molecule has 7 nitrogen and oxygen atoms in total. The van der Waals surface area contributed by atoms with Crippen molar-refractivity contribution in [3.8, 4) is 0 Å². The first-order valence-corrected chi connectivity index (χ1v) is 7.82. The van der Waals surface area contributed by atoms with Crippen molar-refractivity contribution in [3.05, 3.63) is 46.9 Å². The van der Waals surface area contributed by atoms with E-state index in [9.17, 15) is 9.59 Å². The highest BCUT2D eigenvalue weighted by Gasteiger charge is 2.24. The van der Waals surface area contributed by atoms with Gasteiger partial charge in [-0.2, -0.15) is 0 Å². The molecule has 0 atom stereocenters. The van der Waals surface area contributed by atoms with Crippen LogP contribution in [-0.2, 0) is 6.54 Å². The van der Waals surface area contributed by atoms with Gasteiger partial charge in [-0.3, -0.25) is 9.59 Å². The van der Waals surface area contributed by atoms with Crippen LogP contribution in [0.4, 0.5) is 5.82 Å². The van der Waals surface area contributed by atoms with Crippen molar-refractivity contribution in [1.82, 2.24) is 14.9 Å². The van der Waals surface area contributed by atoms with Crippen molar-refractivity contribution >= 4 is 11.7 Å². The highest BCUT2D eigenvalue weighted by atomic mass is 16.3. The van der Waals surface area contributed by atoms with E-state index in [-0.39, 0.29) is 17.5 Å². The Kier molecular flexibility index (Phi) is 4.45. The summed E-state index contributed by atoms with van der Waals surface area (Å²) in [5, 5.41) is 3.00. The smallest absolute Gasteiger partial charge is 0.293 e. The summed E-state index contributed by atoms with van der Waals surface area (Å²) in [6, 6.07) is 1.75. The fourth-order valence-electron chi connectivity index (χ4n) is 2.80. The van der Waals surface area contributed by atoms with E-state index in [1.54, 1.807) is 23.0 Å². The molecule has 1 aliphatic heterocycles. The van der Waals surface area contributed by atoms with Crippen molar-refractivity contribution in [2.45, 2.75) is 32.4 Å². The topological polar surface area (TPSA) is 80.4 Å². The van der Waals surface area contributed by atoms with E-state index in [4.69, 9.17) is 4.42 Å². The Balaban J connectivity index is 1.61. The Hall–Kier alpha value is -2.57. The van der Waals surface area contributed by atoms with Crippen LogP contribution >= 0.6 is 0 Å². The Morgan fingerprint density at radius 1 is 1.43 bits per heavy atom. The zero-order valence-corrected chi connectivity index (χ0v) is 13.1. The lowest BCUT2D eigenvalue weighted by molar-refractivity contribution is 0.0930. The number of anilines is 1. The molecule has 0 saturated carbocycles. The SMILES string of the molecule is CCn1ccnc(N2CCC(NC(=O)c3ccoc3)CC2)c1=O. The van der Waals surface area contributed by atoms with Crippen LogP contribution in [0.15, 0.2) is 40.2 Å². The minimum atomic E-state index is -0.122. The average Bonchev–Trinajstić information content (AvgIpc) is 3.11. The summed E-state index contributed by atoms with van der Waals surface area (Å²) in [4.78, 5) is 30.5. The molecular formula is C16H20N4O3. The van der Waals surface area contributed by atoms with Gasteiger partial charge >= 0.3 is 0 Å². The number of piperidine rings is 1. The molecule has 0 spiro atoms. The normalized spacial score (nSPS) is 15.6. The van der Waals surface area contributed by atoms with Crippen LogP contribution in [0.25, 0.3) is 0 Å². The number of carbonyl (C=O) groups excluding carboxylic acids is 1. The molecule has 0 aromatic carbocycles. The standard InChI is InChI=1S/C16H20N4O3/c1-2-19-9-6-17-14(16(19)22)20-7-3-13(4-8-20)18-15(21)12-5-10-23-11-12/h5-6,9-11,13H,2-4,7-8H2,1H3,(H,18,21). The molecule has 122 valence electrons. The number of nitrogens with zero attached hydrogens (tertiary/aromatic N) is 3. The van der Waals surface area contributed by atoms with Crippen LogP contribution in [0.2, 0.25) is 0 Å². The minimum Gasteiger partial charge on any atom is -0.472 e. The van der Waals surface area contributed by atoms with Gasteiger partial charge in [-0.1, -0.05) is 0 Å². The number of hydrogen-bond donors (Lipinski definition) is 1. The zero-order valence-electron chi connectivity index (χ0n) is 13.1. The van der Waals surface area contributed by atoms with Gasteiger partial charge in [-0.05, 0) is 25.8 Å². The second kappa shape index (κ2) is 6.68. The molecule has 1 fully saturated rings. The van der Waals surface area contributed by atoms with Gasteiger partial charge in [0.2, 0.25) is 0 Å².